The van der Waals surface area contributed by atoms with Crippen LogP contribution in [0.3, 0.4) is 0 Å². The summed E-state index contributed by atoms with van der Waals surface area (Å²) in [5.41, 5.74) is 0. The average Bonchev–Trinajstić information content (AvgIpc) is 2.69. The third kappa shape index (κ3) is 1.87. The van der Waals surface area contributed by atoms with Gasteiger partial charge < -0.3 is 10.2 Å². The highest BCUT2D eigenvalue weighted by Crippen LogP contribution is 2.37. The normalized spacial score (nSPS) is 38.5. The molecule has 1 saturated carbocycles. The van der Waals surface area contributed by atoms with Gasteiger partial charge in [-0.3, -0.25) is 0 Å². The van der Waals surface area contributed by atoms with Crippen LogP contribution in [0.5, 0.6) is 0 Å². The average molecular weight is 184 g/mol. The Morgan fingerprint density at radius 2 is 2.31 bits per heavy atom. The van der Waals surface area contributed by atoms with Crippen LogP contribution in [-0.4, -0.2) is 38.4 Å². The van der Waals surface area contributed by atoms with E-state index < -0.39 is 0 Å². The van der Waals surface area contributed by atoms with E-state index in [0.717, 1.165) is 18.4 Å². The van der Waals surface area contributed by atoms with E-state index in [9.17, 15) is 0 Å². The molecule has 3 heteroatoms. The molecule has 1 aliphatic carbocycles. The number of nitrogens with zero attached hydrogens (tertiary/aromatic N) is 1. The van der Waals surface area contributed by atoms with Gasteiger partial charge in [-0.15, -0.1) is 0 Å². The summed E-state index contributed by atoms with van der Waals surface area (Å²) in [7, 11) is 3.74. The molecule has 1 aliphatic heterocycles. The molecule has 1 saturated heterocycles. The molecule has 1 heterocycles. The highest BCUT2D eigenvalue weighted by Gasteiger charge is 2.38. The van der Waals surface area contributed by atoms with Gasteiger partial charge in [0.15, 0.2) is 0 Å². The lowest BCUT2D eigenvalue weighted by Crippen LogP contribution is -2.38. The Bertz CT molecular complexity index is 174. The highest BCUT2D eigenvalue weighted by atomic mass is 16.7. The fourth-order valence-corrected chi connectivity index (χ4v) is 2.85. The van der Waals surface area contributed by atoms with Gasteiger partial charge in [0.2, 0.25) is 0 Å². The van der Waals surface area contributed by atoms with Crippen LogP contribution < -0.4 is 5.32 Å². The lowest BCUT2D eigenvalue weighted by Gasteiger charge is -2.23. The first-order valence-corrected chi connectivity index (χ1v) is 5.30. The van der Waals surface area contributed by atoms with E-state index in [-0.39, 0.29) is 0 Å². The minimum atomic E-state index is 0.664. The minimum absolute atomic E-state index is 0.664. The van der Waals surface area contributed by atoms with Gasteiger partial charge >= 0.3 is 0 Å². The molecule has 0 aromatic rings. The van der Waals surface area contributed by atoms with E-state index >= 15 is 0 Å². The predicted molar refractivity (Wildman–Crippen MR) is 52.3 cm³/mol. The molecular weight excluding hydrogens is 164 g/mol. The molecule has 2 fully saturated rings. The van der Waals surface area contributed by atoms with Gasteiger partial charge in [-0.25, -0.2) is 0 Å². The highest BCUT2D eigenvalue weighted by molar-refractivity contribution is 4.94. The van der Waals surface area contributed by atoms with Gasteiger partial charge in [-0.2, -0.15) is 5.06 Å². The first-order chi connectivity index (χ1) is 6.31. The topological polar surface area (TPSA) is 24.5 Å². The predicted octanol–water partition coefficient (Wildman–Crippen LogP) is 0.868. The van der Waals surface area contributed by atoms with Crippen LogP contribution in [0.1, 0.15) is 19.3 Å². The quantitative estimate of drug-likeness (QED) is 0.659. The van der Waals surface area contributed by atoms with E-state index in [1.54, 1.807) is 7.11 Å². The smallest absolute Gasteiger partial charge is 0.0575 e. The maximum atomic E-state index is 5.15. The molecule has 1 N–H and O–H groups in total. The van der Waals surface area contributed by atoms with E-state index in [1.165, 1.54) is 25.8 Å². The molecule has 3 nitrogen and oxygen atoms in total. The SMILES string of the molecule is CON(C)CC1NCC2CCCC21. The standard InChI is InChI=1S/C10H20N2O/c1-12(13-2)7-10-9-5-3-4-8(9)6-11-10/h8-11H,3-7H2,1-2H3. The Morgan fingerprint density at radius 3 is 3.08 bits per heavy atom. The molecule has 0 aromatic heterocycles. The summed E-state index contributed by atoms with van der Waals surface area (Å²) in [6.07, 6.45) is 4.29. The van der Waals surface area contributed by atoms with Crippen molar-refractivity contribution in [3.63, 3.8) is 0 Å². The summed E-state index contributed by atoms with van der Waals surface area (Å²) in [6.45, 7) is 2.25. The number of fused-ring (bicyclic) bond motifs is 1. The van der Waals surface area contributed by atoms with Crippen LogP contribution in [0, 0.1) is 11.8 Å². The van der Waals surface area contributed by atoms with Crippen molar-refractivity contribution in [2.45, 2.75) is 25.3 Å². The molecule has 3 atom stereocenters. The molecule has 2 aliphatic rings. The lowest BCUT2D eigenvalue weighted by molar-refractivity contribution is -0.115. The Labute approximate surface area is 80.4 Å². The molecular formula is C10H20N2O. The number of hydroxylamine groups is 2. The Balaban J connectivity index is 1.86. The van der Waals surface area contributed by atoms with Gasteiger partial charge in [0.05, 0.1) is 7.11 Å². The van der Waals surface area contributed by atoms with Crippen LogP contribution in [0.4, 0.5) is 0 Å². The van der Waals surface area contributed by atoms with Crippen molar-refractivity contribution >= 4 is 0 Å². The van der Waals surface area contributed by atoms with Crippen LogP contribution in [0.25, 0.3) is 0 Å². The van der Waals surface area contributed by atoms with E-state index in [4.69, 9.17) is 4.84 Å². The van der Waals surface area contributed by atoms with Gasteiger partial charge in [0.1, 0.15) is 0 Å². The van der Waals surface area contributed by atoms with Crippen LogP contribution in [-0.2, 0) is 4.84 Å². The van der Waals surface area contributed by atoms with Crippen molar-refractivity contribution in [2.75, 3.05) is 27.2 Å². The summed E-state index contributed by atoms with van der Waals surface area (Å²) in [6, 6.07) is 0.664. The van der Waals surface area contributed by atoms with Gasteiger partial charge in [-0.05, 0) is 31.2 Å². The number of likely N-dealkylation sites (N-methyl/N-ethyl adjacent to an activating group) is 1. The van der Waals surface area contributed by atoms with E-state index in [1.807, 2.05) is 12.1 Å². The molecule has 0 amide bonds. The zero-order valence-electron chi connectivity index (χ0n) is 8.62. The molecule has 0 bridgehead atoms. The lowest BCUT2D eigenvalue weighted by atomic mass is 9.94. The summed E-state index contributed by atoms with van der Waals surface area (Å²) in [5, 5.41) is 5.53. The van der Waals surface area contributed by atoms with Crippen molar-refractivity contribution in [3.8, 4) is 0 Å². The van der Waals surface area contributed by atoms with Gasteiger partial charge in [0.25, 0.3) is 0 Å². The van der Waals surface area contributed by atoms with Crippen LogP contribution >= 0.6 is 0 Å². The zero-order valence-corrected chi connectivity index (χ0v) is 8.62. The van der Waals surface area contributed by atoms with Gasteiger partial charge in [-0.1, -0.05) is 6.42 Å². The van der Waals surface area contributed by atoms with Crippen LogP contribution in [0.2, 0.25) is 0 Å². The minimum Gasteiger partial charge on any atom is -0.312 e. The number of hydrogen-bond acceptors (Lipinski definition) is 3. The molecule has 0 aromatic carbocycles. The largest absolute Gasteiger partial charge is 0.312 e. The Kier molecular flexibility index (Phi) is 2.86. The molecule has 3 unspecified atom stereocenters. The third-order valence-electron chi connectivity index (χ3n) is 3.64. The Morgan fingerprint density at radius 1 is 1.46 bits per heavy atom. The number of nitrogens with one attached hydrogen (secondary N) is 1. The van der Waals surface area contributed by atoms with Crippen molar-refractivity contribution in [3.05, 3.63) is 0 Å². The monoisotopic (exact) mass is 184 g/mol. The molecule has 76 valence electrons. The number of hydrogen-bond donors (Lipinski definition) is 1. The molecule has 0 radical (unpaired) electrons. The van der Waals surface area contributed by atoms with E-state index in [0.29, 0.717) is 6.04 Å². The van der Waals surface area contributed by atoms with Gasteiger partial charge in [0, 0.05) is 19.6 Å². The number of rotatable bonds is 3. The van der Waals surface area contributed by atoms with Crippen molar-refractivity contribution in [1.82, 2.24) is 10.4 Å². The molecule has 13 heavy (non-hydrogen) atoms. The summed E-state index contributed by atoms with van der Waals surface area (Å²) >= 11 is 0. The molecule has 0 spiro atoms. The third-order valence-corrected chi connectivity index (χ3v) is 3.64. The maximum absolute atomic E-state index is 5.15. The Hall–Kier alpha value is -0.120. The first-order valence-electron chi connectivity index (χ1n) is 5.30. The van der Waals surface area contributed by atoms with Crippen molar-refractivity contribution in [1.29, 1.82) is 0 Å². The molecule has 2 rings (SSSR count). The van der Waals surface area contributed by atoms with Crippen molar-refractivity contribution in [2.24, 2.45) is 11.8 Å². The van der Waals surface area contributed by atoms with Crippen molar-refractivity contribution < 1.29 is 4.84 Å². The first kappa shape index (κ1) is 9.44. The fourth-order valence-electron chi connectivity index (χ4n) is 2.85. The second kappa shape index (κ2) is 3.95. The maximum Gasteiger partial charge on any atom is 0.0575 e. The summed E-state index contributed by atoms with van der Waals surface area (Å²) < 4.78 is 0. The summed E-state index contributed by atoms with van der Waals surface area (Å²) in [4.78, 5) is 5.15. The second-order valence-corrected chi connectivity index (χ2v) is 4.36. The second-order valence-electron chi connectivity index (χ2n) is 4.36. The fraction of sp³-hybridized carbons (Fsp3) is 1.00. The van der Waals surface area contributed by atoms with E-state index in [2.05, 4.69) is 5.32 Å². The zero-order chi connectivity index (χ0) is 9.26. The summed E-state index contributed by atoms with van der Waals surface area (Å²) in [5.74, 6) is 1.87. The van der Waals surface area contributed by atoms with Crippen LogP contribution in [0.15, 0.2) is 0 Å².